The molecule has 1 amide bonds. The third kappa shape index (κ3) is 2.12. The summed E-state index contributed by atoms with van der Waals surface area (Å²) in [4.78, 5) is 29.7. The van der Waals surface area contributed by atoms with E-state index >= 15 is 0 Å². The molecule has 17 heavy (non-hydrogen) atoms. The average Bonchev–Trinajstić information content (AvgIpc) is 2.30. The Balaban J connectivity index is 2.99. The molecule has 0 aromatic rings. The number of likely N-dealkylation sites (tertiary alicyclic amines) is 1. The predicted molar refractivity (Wildman–Crippen MR) is 52.7 cm³/mol. The highest BCUT2D eigenvalue weighted by Crippen LogP contribution is 2.24. The molecule has 1 fully saturated rings. The lowest BCUT2D eigenvalue weighted by molar-refractivity contribution is -0.147. The first-order chi connectivity index (χ1) is 8.08. The number of azide groups is 1. The van der Waals surface area contributed by atoms with Crippen LogP contribution in [0.5, 0.6) is 0 Å². The van der Waals surface area contributed by atoms with E-state index in [2.05, 4.69) is 20.0 Å². The lowest BCUT2D eigenvalue weighted by Crippen LogP contribution is -2.68. The number of carboxylic acid groups (broad SMARTS) is 1. The van der Waals surface area contributed by atoms with Gasteiger partial charge in [-0.15, -0.1) is 0 Å². The SMILES string of the molecule is CO/N=C(\C(=O)O)N1C(=O)[C@@H](N=[N+]=[N-])[C@H]1CO. The Morgan fingerprint density at radius 3 is 2.76 bits per heavy atom. The fourth-order valence-electron chi connectivity index (χ4n) is 1.43. The molecule has 2 atom stereocenters. The molecule has 10 heteroatoms. The monoisotopic (exact) mass is 243 g/mol. The van der Waals surface area contributed by atoms with Gasteiger partial charge in [-0.2, -0.15) is 0 Å². The third-order valence-electron chi connectivity index (χ3n) is 2.15. The number of nitrogens with zero attached hydrogens (tertiary/aromatic N) is 5. The van der Waals surface area contributed by atoms with Crippen molar-refractivity contribution in [2.24, 2.45) is 10.3 Å². The summed E-state index contributed by atoms with van der Waals surface area (Å²) in [6.45, 7) is -0.550. The minimum Gasteiger partial charge on any atom is -0.475 e. The van der Waals surface area contributed by atoms with Crippen molar-refractivity contribution >= 4 is 17.7 Å². The second-order valence-corrected chi connectivity index (χ2v) is 3.01. The molecule has 1 rings (SSSR count). The standard InChI is InChI=1S/C7H9N5O5/c1-17-10-5(7(15)16)12-3(2-13)4(6(12)14)9-11-8/h3-4,13H,2H2,1H3,(H,15,16)/b10-5+/t3-,4+/m1/s1. The second kappa shape index (κ2) is 5.14. The molecule has 0 radical (unpaired) electrons. The lowest BCUT2D eigenvalue weighted by Gasteiger charge is -2.42. The van der Waals surface area contributed by atoms with Crippen molar-refractivity contribution in [3.8, 4) is 0 Å². The number of aliphatic hydroxyl groups excluding tert-OH is 1. The van der Waals surface area contributed by atoms with Gasteiger partial charge in [-0.3, -0.25) is 9.69 Å². The molecule has 0 saturated carbocycles. The van der Waals surface area contributed by atoms with Gasteiger partial charge in [0.25, 0.3) is 5.84 Å². The quantitative estimate of drug-likeness (QED) is 0.123. The maximum absolute atomic E-state index is 11.5. The van der Waals surface area contributed by atoms with Crippen molar-refractivity contribution in [1.82, 2.24) is 4.90 Å². The van der Waals surface area contributed by atoms with Crippen molar-refractivity contribution in [3.63, 3.8) is 0 Å². The van der Waals surface area contributed by atoms with Gasteiger partial charge in [0.2, 0.25) is 5.91 Å². The average molecular weight is 243 g/mol. The summed E-state index contributed by atoms with van der Waals surface area (Å²) in [5, 5.41) is 24.1. The van der Waals surface area contributed by atoms with Gasteiger partial charge in [0.15, 0.2) is 0 Å². The Morgan fingerprint density at radius 2 is 2.35 bits per heavy atom. The molecule has 1 aliphatic rings. The lowest BCUT2D eigenvalue weighted by atomic mass is 9.96. The molecule has 1 heterocycles. The minimum atomic E-state index is -1.49. The van der Waals surface area contributed by atoms with Crippen LogP contribution in [0.2, 0.25) is 0 Å². The summed E-state index contributed by atoms with van der Waals surface area (Å²) in [7, 11) is 1.12. The normalized spacial score (nSPS) is 23.8. The summed E-state index contributed by atoms with van der Waals surface area (Å²) in [6.07, 6.45) is 0. The first-order valence-corrected chi connectivity index (χ1v) is 4.41. The summed E-state index contributed by atoms with van der Waals surface area (Å²) in [5.74, 6) is -2.90. The first kappa shape index (κ1) is 12.7. The zero-order chi connectivity index (χ0) is 13.0. The molecule has 0 aromatic heterocycles. The van der Waals surface area contributed by atoms with Gasteiger partial charge in [-0.25, -0.2) is 4.79 Å². The molecule has 0 spiro atoms. The van der Waals surface area contributed by atoms with Crippen LogP contribution in [0, 0.1) is 0 Å². The topological polar surface area (TPSA) is 148 Å². The van der Waals surface area contributed by atoms with Gasteiger partial charge in [0.1, 0.15) is 13.2 Å². The molecule has 1 aliphatic heterocycles. The van der Waals surface area contributed by atoms with Crippen LogP contribution in [0.25, 0.3) is 10.4 Å². The zero-order valence-electron chi connectivity index (χ0n) is 8.72. The number of β-lactam (4-membered cyclic amide) rings is 1. The van der Waals surface area contributed by atoms with Gasteiger partial charge in [0.05, 0.1) is 12.6 Å². The summed E-state index contributed by atoms with van der Waals surface area (Å²) < 4.78 is 0. The van der Waals surface area contributed by atoms with Crippen molar-refractivity contribution in [2.75, 3.05) is 13.7 Å². The van der Waals surface area contributed by atoms with E-state index in [9.17, 15) is 9.59 Å². The van der Waals surface area contributed by atoms with Crippen molar-refractivity contribution in [1.29, 1.82) is 0 Å². The molecule has 10 nitrogen and oxygen atoms in total. The fourth-order valence-corrected chi connectivity index (χ4v) is 1.43. The van der Waals surface area contributed by atoms with Crippen LogP contribution < -0.4 is 0 Å². The van der Waals surface area contributed by atoms with E-state index in [1.807, 2.05) is 0 Å². The zero-order valence-corrected chi connectivity index (χ0v) is 8.72. The van der Waals surface area contributed by atoms with Gasteiger partial charge >= 0.3 is 5.97 Å². The number of amides is 1. The molecule has 0 bridgehead atoms. The van der Waals surface area contributed by atoms with Crippen molar-refractivity contribution in [3.05, 3.63) is 10.4 Å². The van der Waals surface area contributed by atoms with Crippen LogP contribution in [0.3, 0.4) is 0 Å². The van der Waals surface area contributed by atoms with E-state index in [1.54, 1.807) is 0 Å². The largest absolute Gasteiger partial charge is 0.475 e. The van der Waals surface area contributed by atoms with Crippen LogP contribution >= 0.6 is 0 Å². The van der Waals surface area contributed by atoms with Crippen LogP contribution in [0.1, 0.15) is 0 Å². The number of aliphatic carboxylic acids is 1. The van der Waals surface area contributed by atoms with Gasteiger partial charge in [-0.1, -0.05) is 10.3 Å². The summed E-state index contributed by atoms with van der Waals surface area (Å²) >= 11 is 0. The molecule has 1 saturated heterocycles. The molecular formula is C7H9N5O5. The smallest absolute Gasteiger partial charge is 0.375 e. The number of aliphatic hydroxyl groups is 1. The number of oxime groups is 1. The van der Waals surface area contributed by atoms with Gasteiger partial charge < -0.3 is 15.1 Å². The number of rotatable bonds is 3. The number of carbonyl (C=O) groups excluding carboxylic acids is 1. The van der Waals surface area contributed by atoms with E-state index in [0.29, 0.717) is 4.90 Å². The Labute approximate surface area is 94.7 Å². The highest BCUT2D eigenvalue weighted by molar-refractivity contribution is 6.38. The molecule has 0 unspecified atom stereocenters. The maximum atomic E-state index is 11.5. The van der Waals surface area contributed by atoms with Crippen molar-refractivity contribution < 1.29 is 24.6 Å². The number of hydrogen-bond donors (Lipinski definition) is 2. The Bertz CT molecular complexity index is 415. The van der Waals surface area contributed by atoms with E-state index in [-0.39, 0.29) is 0 Å². The Kier molecular flexibility index (Phi) is 3.86. The molecule has 2 N–H and O–H groups in total. The van der Waals surface area contributed by atoms with E-state index < -0.39 is 36.4 Å². The number of carboxylic acids is 1. The van der Waals surface area contributed by atoms with E-state index in [4.69, 9.17) is 15.7 Å². The fraction of sp³-hybridized carbons (Fsp3) is 0.571. The van der Waals surface area contributed by atoms with Crippen LogP contribution in [0.15, 0.2) is 10.3 Å². The maximum Gasteiger partial charge on any atom is 0.375 e. The highest BCUT2D eigenvalue weighted by Gasteiger charge is 2.50. The first-order valence-electron chi connectivity index (χ1n) is 4.41. The predicted octanol–water partition coefficient (Wildman–Crippen LogP) is -1.09. The third-order valence-corrected chi connectivity index (χ3v) is 2.15. The number of hydrogen-bond acceptors (Lipinski definition) is 6. The van der Waals surface area contributed by atoms with Crippen molar-refractivity contribution in [2.45, 2.75) is 12.1 Å². The number of carbonyl (C=O) groups is 2. The molecule has 0 aromatic carbocycles. The molecular weight excluding hydrogens is 234 g/mol. The van der Waals surface area contributed by atoms with Gasteiger partial charge in [-0.05, 0) is 5.53 Å². The molecule has 92 valence electrons. The highest BCUT2D eigenvalue weighted by atomic mass is 16.6. The second-order valence-electron chi connectivity index (χ2n) is 3.01. The molecule has 0 aliphatic carbocycles. The van der Waals surface area contributed by atoms with Crippen LogP contribution in [-0.2, 0) is 14.4 Å². The van der Waals surface area contributed by atoms with E-state index in [1.165, 1.54) is 0 Å². The van der Waals surface area contributed by atoms with Crippen LogP contribution in [0.4, 0.5) is 0 Å². The Hall–Kier alpha value is -2.32. The van der Waals surface area contributed by atoms with Gasteiger partial charge in [0, 0.05) is 4.91 Å². The summed E-state index contributed by atoms with van der Waals surface area (Å²) in [5.41, 5.74) is 8.20. The minimum absolute atomic E-state index is 0.550. The van der Waals surface area contributed by atoms with Crippen LogP contribution in [-0.4, -0.2) is 58.6 Å². The van der Waals surface area contributed by atoms with E-state index in [0.717, 1.165) is 7.11 Å². The summed E-state index contributed by atoms with van der Waals surface area (Å²) in [6, 6.07) is -2.06. The Morgan fingerprint density at radius 1 is 1.71 bits per heavy atom. The number of amidine groups is 1.